The maximum absolute atomic E-state index is 12.2. The number of carbonyl (C=O) groups excluding carboxylic acids is 1. The molecule has 0 saturated heterocycles. The number of ether oxygens (including phenoxy) is 1. The number of hydrogen-bond acceptors (Lipinski definition) is 4. The zero-order valence-corrected chi connectivity index (χ0v) is 13.6. The van der Waals surface area contributed by atoms with Gasteiger partial charge in [-0.2, -0.15) is 5.10 Å². The molecule has 0 aromatic carbocycles. The standard InChI is InChI=1S/C14H24ClN3O2/c1-6-20-13(19)14(5,17-10(2)3)7-8-18-11(4)12(15)9-16-18/h9-10,17H,6-8H2,1-5H3. The lowest BCUT2D eigenvalue weighted by molar-refractivity contribution is -0.151. The van der Waals surface area contributed by atoms with Crippen LogP contribution in [-0.2, 0) is 16.1 Å². The van der Waals surface area contributed by atoms with Gasteiger partial charge in [-0.25, -0.2) is 0 Å². The average Bonchev–Trinajstić information content (AvgIpc) is 2.67. The van der Waals surface area contributed by atoms with E-state index in [-0.39, 0.29) is 12.0 Å². The van der Waals surface area contributed by atoms with Crippen molar-refractivity contribution in [2.75, 3.05) is 6.61 Å². The third kappa shape index (κ3) is 4.21. The Labute approximate surface area is 125 Å². The molecule has 114 valence electrons. The van der Waals surface area contributed by atoms with E-state index < -0.39 is 5.54 Å². The maximum atomic E-state index is 12.2. The number of carbonyl (C=O) groups is 1. The normalized spacial score (nSPS) is 14.3. The first-order valence-electron chi connectivity index (χ1n) is 6.93. The van der Waals surface area contributed by atoms with E-state index in [0.29, 0.717) is 24.6 Å². The van der Waals surface area contributed by atoms with Gasteiger partial charge in [0.05, 0.1) is 23.5 Å². The number of rotatable bonds is 7. The topological polar surface area (TPSA) is 56.2 Å². The predicted molar refractivity (Wildman–Crippen MR) is 79.9 cm³/mol. The number of nitrogens with one attached hydrogen (secondary N) is 1. The molecule has 5 nitrogen and oxygen atoms in total. The lowest BCUT2D eigenvalue weighted by Gasteiger charge is -2.30. The first-order valence-corrected chi connectivity index (χ1v) is 7.30. The van der Waals surface area contributed by atoms with Gasteiger partial charge in [0.25, 0.3) is 0 Å². The zero-order valence-electron chi connectivity index (χ0n) is 12.9. The third-order valence-corrected chi connectivity index (χ3v) is 3.57. The minimum Gasteiger partial charge on any atom is -0.465 e. The number of nitrogens with zero attached hydrogens (tertiary/aromatic N) is 2. The number of hydrogen-bond donors (Lipinski definition) is 1. The van der Waals surface area contributed by atoms with Crippen molar-refractivity contribution in [2.45, 2.75) is 59.2 Å². The molecular formula is C14H24ClN3O2. The molecule has 0 aliphatic carbocycles. The minimum atomic E-state index is -0.727. The zero-order chi connectivity index (χ0) is 15.3. The summed E-state index contributed by atoms with van der Waals surface area (Å²) in [5.41, 5.74) is 0.178. The van der Waals surface area contributed by atoms with Crippen LogP contribution in [0, 0.1) is 6.92 Å². The summed E-state index contributed by atoms with van der Waals surface area (Å²) in [6, 6.07) is 0.187. The molecule has 1 aromatic heterocycles. The minimum absolute atomic E-state index is 0.187. The number of aromatic nitrogens is 2. The third-order valence-electron chi connectivity index (χ3n) is 3.20. The van der Waals surface area contributed by atoms with E-state index in [4.69, 9.17) is 16.3 Å². The largest absolute Gasteiger partial charge is 0.465 e. The van der Waals surface area contributed by atoms with E-state index in [0.717, 1.165) is 5.69 Å². The molecule has 1 heterocycles. The van der Waals surface area contributed by atoms with E-state index in [1.165, 1.54) is 0 Å². The Morgan fingerprint density at radius 3 is 2.70 bits per heavy atom. The van der Waals surface area contributed by atoms with E-state index in [1.54, 1.807) is 6.20 Å². The lowest BCUT2D eigenvalue weighted by Crippen LogP contribution is -2.53. The Hall–Kier alpha value is -1.07. The van der Waals surface area contributed by atoms with E-state index >= 15 is 0 Å². The Morgan fingerprint density at radius 2 is 2.25 bits per heavy atom. The second-order valence-electron chi connectivity index (χ2n) is 5.40. The van der Waals surface area contributed by atoms with Gasteiger partial charge < -0.3 is 4.74 Å². The van der Waals surface area contributed by atoms with Crippen molar-refractivity contribution < 1.29 is 9.53 Å². The number of esters is 1. The summed E-state index contributed by atoms with van der Waals surface area (Å²) in [6.07, 6.45) is 2.21. The van der Waals surface area contributed by atoms with Crippen molar-refractivity contribution in [3.05, 3.63) is 16.9 Å². The van der Waals surface area contributed by atoms with Gasteiger partial charge in [-0.1, -0.05) is 11.6 Å². The number of halogens is 1. The molecule has 0 fully saturated rings. The Balaban J connectivity index is 2.79. The molecule has 1 atom stereocenters. The van der Waals surface area contributed by atoms with Crippen LogP contribution in [0.2, 0.25) is 5.02 Å². The highest BCUT2D eigenvalue weighted by molar-refractivity contribution is 6.31. The van der Waals surface area contributed by atoms with Crippen LogP contribution in [0.1, 0.15) is 39.8 Å². The lowest BCUT2D eigenvalue weighted by atomic mass is 9.96. The van der Waals surface area contributed by atoms with E-state index in [9.17, 15) is 4.79 Å². The Kier molecular flexibility index (Phi) is 6.02. The van der Waals surface area contributed by atoms with Crippen LogP contribution in [0.5, 0.6) is 0 Å². The average molecular weight is 302 g/mol. The fourth-order valence-corrected chi connectivity index (χ4v) is 2.28. The smallest absolute Gasteiger partial charge is 0.326 e. The molecule has 1 aromatic rings. The summed E-state index contributed by atoms with van der Waals surface area (Å²) >= 11 is 5.99. The molecule has 1 rings (SSSR count). The summed E-state index contributed by atoms with van der Waals surface area (Å²) < 4.78 is 6.98. The second-order valence-corrected chi connectivity index (χ2v) is 5.81. The van der Waals surface area contributed by atoms with Crippen LogP contribution < -0.4 is 5.32 Å². The van der Waals surface area contributed by atoms with Gasteiger partial charge in [0.1, 0.15) is 5.54 Å². The fraction of sp³-hybridized carbons (Fsp3) is 0.714. The van der Waals surface area contributed by atoms with Crippen molar-refractivity contribution in [3.8, 4) is 0 Å². The molecule has 20 heavy (non-hydrogen) atoms. The van der Waals surface area contributed by atoms with Crippen molar-refractivity contribution >= 4 is 17.6 Å². The van der Waals surface area contributed by atoms with Gasteiger partial charge in [-0.05, 0) is 41.0 Å². The van der Waals surface area contributed by atoms with Crippen LogP contribution in [0.3, 0.4) is 0 Å². The van der Waals surface area contributed by atoms with Crippen molar-refractivity contribution in [2.24, 2.45) is 0 Å². The molecule has 0 saturated carbocycles. The van der Waals surface area contributed by atoms with Gasteiger partial charge in [0.2, 0.25) is 0 Å². The number of aryl methyl sites for hydroxylation is 1. The van der Waals surface area contributed by atoms with E-state index in [1.807, 2.05) is 39.3 Å². The summed E-state index contributed by atoms with van der Waals surface area (Å²) in [7, 11) is 0. The molecule has 0 bridgehead atoms. The molecule has 0 amide bonds. The quantitative estimate of drug-likeness (QED) is 0.786. The molecule has 0 radical (unpaired) electrons. The summed E-state index contributed by atoms with van der Waals surface area (Å²) in [5, 5.41) is 8.13. The van der Waals surface area contributed by atoms with Gasteiger partial charge in [0, 0.05) is 12.6 Å². The van der Waals surface area contributed by atoms with Gasteiger partial charge in [-0.3, -0.25) is 14.8 Å². The highest BCUT2D eigenvalue weighted by atomic mass is 35.5. The van der Waals surface area contributed by atoms with Crippen LogP contribution >= 0.6 is 11.6 Å². The summed E-state index contributed by atoms with van der Waals surface area (Å²) in [5.74, 6) is -0.232. The van der Waals surface area contributed by atoms with Gasteiger partial charge >= 0.3 is 5.97 Å². The molecule has 1 N–H and O–H groups in total. The summed E-state index contributed by atoms with van der Waals surface area (Å²) in [6.45, 7) is 10.6. The highest BCUT2D eigenvalue weighted by Crippen LogP contribution is 2.18. The van der Waals surface area contributed by atoms with Crippen molar-refractivity contribution in [3.63, 3.8) is 0 Å². The van der Waals surface area contributed by atoms with E-state index in [2.05, 4.69) is 10.4 Å². The molecule has 0 aliphatic rings. The van der Waals surface area contributed by atoms with Crippen molar-refractivity contribution in [1.82, 2.24) is 15.1 Å². The fourth-order valence-electron chi connectivity index (χ4n) is 2.14. The van der Waals surface area contributed by atoms with Crippen LogP contribution in [-0.4, -0.2) is 33.9 Å². The molecular weight excluding hydrogens is 278 g/mol. The van der Waals surface area contributed by atoms with Crippen LogP contribution in [0.25, 0.3) is 0 Å². The molecule has 6 heteroatoms. The SMILES string of the molecule is CCOC(=O)C(C)(CCn1ncc(Cl)c1C)NC(C)C. The van der Waals surface area contributed by atoms with Gasteiger partial charge in [0.15, 0.2) is 0 Å². The molecule has 0 aliphatic heterocycles. The van der Waals surface area contributed by atoms with Crippen LogP contribution in [0.4, 0.5) is 0 Å². The first-order chi connectivity index (χ1) is 9.30. The predicted octanol–water partition coefficient (Wildman–Crippen LogP) is 2.55. The Morgan fingerprint density at radius 1 is 1.60 bits per heavy atom. The van der Waals surface area contributed by atoms with Crippen molar-refractivity contribution in [1.29, 1.82) is 0 Å². The summed E-state index contributed by atoms with van der Waals surface area (Å²) in [4.78, 5) is 12.2. The Bertz CT molecular complexity index is 459. The van der Waals surface area contributed by atoms with Gasteiger partial charge in [-0.15, -0.1) is 0 Å². The second kappa shape index (κ2) is 7.09. The molecule has 1 unspecified atom stereocenters. The maximum Gasteiger partial charge on any atom is 0.326 e. The molecule has 0 spiro atoms. The van der Waals surface area contributed by atoms with Crippen LogP contribution in [0.15, 0.2) is 6.20 Å². The monoisotopic (exact) mass is 301 g/mol. The highest BCUT2D eigenvalue weighted by Gasteiger charge is 2.35. The first kappa shape index (κ1) is 17.0.